The normalized spacial score (nSPS) is 14.7. The van der Waals surface area contributed by atoms with Crippen molar-refractivity contribution >= 4 is 27.5 Å². The molecule has 1 fully saturated rings. The Bertz CT molecular complexity index is 1470. The summed E-state index contributed by atoms with van der Waals surface area (Å²) in [5.74, 6) is -0.350. The first kappa shape index (κ1) is 32.3. The fourth-order valence-corrected chi connectivity index (χ4v) is 6.59. The number of carbonyl (C=O) groups is 2. The Kier molecular flexibility index (Phi) is 11.0. The van der Waals surface area contributed by atoms with Crippen molar-refractivity contribution in [2.75, 3.05) is 17.1 Å². The number of nitrogens with zero attached hydrogens (tertiary/aromatic N) is 2. The fraction of sp³-hybridized carbons (Fsp3) is 0.429. The number of hydrogen-bond acceptors (Lipinski definition) is 4. The molecule has 43 heavy (non-hydrogen) atoms. The standard InChI is InChI=1S/C35H45N3O4S/c1-26(2)30-18-20-32(21-19-30)38(43(4,41)42)25-34(39)37(24-29-15-11-12-27(3)22-29)33(23-28-13-7-5-8-14-28)35(40)36-31-16-9-6-10-17-31/h5,7-8,11-15,18-22,26,31,33H,6,9-10,16-17,23-25H2,1-4H3,(H,36,40)/t33-/m0/s1. The molecule has 4 rings (SSSR count). The molecule has 0 unspecified atom stereocenters. The van der Waals surface area contributed by atoms with Gasteiger partial charge in [-0.25, -0.2) is 8.42 Å². The summed E-state index contributed by atoms with van der Waals surface area (Å²) < 4.78 is 27.2. The first-order chi connectivity index (χ1) is 20.5. The van der Waals surface area contributed by atoms with Crippen LogP contribution in [-0.4, -0.2) is 50.0 Å². The molecule has 0 bridgehead atoms. The summed E-state index contributed by atoms with van der Waals surface area (Å²) in [6.07, 6.45) is 6.57. The summed E-state index contributed by atoms with van der Waals surface area (Å²) in [7, 11) is -3.80. The van der Waals surface area contributed by atoms with Crippen molar-refractivity contribution in [1.82, 2.24) is 10.2 Å². The van der Waals surface area contributed by atoms with Crippen molar-refractivity contribution < 1.29 is 18.0 Å². The van der Waals surface area contributed by atoms with E-state index in [0.717, 1.165) is 64.9 Å². The van der Waals surface area contributed by atoms with Crippen LogP contribution in [0.25, 0.3) is 0 Å². The minimum absolute atomic E-state index is 0.0717. The fourth-order valence-electron chi connectivity index (χ4n) is 5.74. The van der Waals surface area contributed by atoms with Gasteiger partial charge in [0.2, 0.25) is 21.8 Å². The molecule has 1 aliphatic rings. The summed E-state index contributed by atoms with van der Waals surface area (Å²) in [6, 6.07) is 24.0. The van der Waals surface area contributed by atoms with Crippen LogP contribution in [0.1, 0.15) is 74.1 Å². The largest absolute Gasteiger partial charge is 0.352 e. The highest BCUT2D eigenvalue weighted by molar-refractivity contribution is 7.92. The predicted octanol–water partition coefficient (Wildman–Crippen LogP) is 5.97. The van der Waals surface area contributed by atoms with E-state index in [1.807, 2.05) is 73.7 Å². The van der Waals surface area contributed by atoms with Crippen molar-refractivity contribution in [3.05, 3.63) is 101 Å². The number of hydrogen-bond donors (Lipinski definition) is 1. The van der Waals surface area contributed by atoms with Crippen LogP contribution in [0.2, 0.25) is 0 Å². The number of sulfonamides is 1. The molecule has 1 saturated carbocycles. The van der Waals surface area contributed by atoms with E-state index in [-0.39, 0.29) is 24.4 Å². The van der Waals surface area contributed by atoms with Crippen LogP contribution in [0, 0.1) is 6.92 Å². The summed E-state index contributed by atoms with van der Waals surface area (Å²) in [4.78, 5) is 29.9. The third-order valence-corrected chi connectivity index (χ3v) is 9.33. The molecule has 1 aliphatic carbocycles. The smallest absolute Gasteiger partial charge is 0.244 e. The van der Waals surface area contributed by atoms with Gasteiger partial charge in [0.1, 0.15) is 12.6 Å². The van der Waals surface area contributed by atoms with E-state index in [0.29, 0.717) is 12.1 Å². The highest BCUT2D eigenvalue weighted by Gasteiger charge is 2.34. The van der Waals surface area contributed by atoms with Gasteiger partial charge in [-0.05, 0) is 54.5 Å². The van der Waals surface area contributed by atoms with Gasteiger partial charge in [0, 0.05) is 19.0 Å². The third-order valence-electron chi connectivity index (χ3n) is 8.18. The van der Waals surface area contributed by atoms with Gasteiger partial charge >= 0.3 is 0 Å². The molecular formula is C35H45N3O4S. The second-order valence-electron chi connectivity index (χ2n) is 12.1. The number of rotatable bonds is 12. The Labute approximate surface area is 257 Å². The lowest BCUT2D eigenvalue weighted by atomic mass is 9.94. The predicted molar refractivity (Wildman–Crippen MR) is 173 cm³/mol. The second-order valence-corrected chi connectivity index (χ2v) is 14.0. The molecule has 0 spiro atoms. The van der Waals surface area contributed by atoms with E-state index >= 15 is 0 Å². The maximum atomic E-state index is 14.3. The SMILES string of the molecule is Cc1cccc(CN(C(=O)CN(c2ccc(C(C)C)cc2)S(C)(=O)=O)[C@@H](Cc2ccccc2)C(=O)NC2CCCCC2)c1. The summed E-state index contributed by atoms with van der Waals surface area (Å²) in [5, 5.41) is 3.24. The number of amides is 2. The first-order valence-corrected chi connectivity index (χ1v) is 17.1. The molecular weight excluding hydrogens is 558 g/mol. The monoisotopic (exact) mass is 603 g/mol. The van der Waals surface area contributed by atoms with Gasteiger partial charge in [-0.2, -0.15) is 0 Å². The summed E-state index contributed by atoms with van der Waals surface area (Å²) in [6.45, 7) is 5.90. The number of aryl methyl sites for hydroxylation is 1. The maximum Gasteiger partial charge on any atom is 0.244 e. The van der Waals surface area contributed by atoms with Crippen LogP contribution >= 0.6 is 0 Å². The van der Waals surface area contributed by atoms with E-state index in [9.17, 15) is 18.0 Å². The van der Waals surface area contributed by atoms with E-state index in [2.05, 4.69) is 19.2 Å². The molecule has 0 aliphatic heterocycles. The average Bonchev–Trinajstić information content (AvgIpc) is 2.98. The van der Waals surface area contributed by atoms with Crippen LogP contribution in [0.4, 0.5) is 5.69 Å². The van der Waals surface area contributed by atoms with Crippen molar-refractivity contribution in [1.29, 1.82) is 0 Å². The van der Waals surface area contributed by atoms with Gasteiger partial charge in [0.15, 0.2) is 0 Å². The van der Waals surface area contributed by atoms with Crippen molar-refractivity contribution in [2.24, 2.45) is 0 Å². The van der Waals surface area contributed by atoms with Crippen LogP contribution in [0.5, 0.6) is 0 Å². The molecule has 0 aromatic heterocycles. The van der Waals surface area contributed by atoms with Crippen molar-refractivity contribution in [2.45, 2.75) is 83.8 Å². The lowest BCUT2D eigenvalue weighted by Crippen LogP contribution is -2.55. The molecule has 8 heteroatoms. The van der Waals surface area contributed by atoms with E-state index in [1.165, 1.54) is 0 Å². The summed E-state index contributed by atoms with van der Waals surface area (Å²) >= 11 is 0. The number of benzene rings is 3. The molecule has 7 nitrogen and oxygen atoms in total. The van der Waals surface area contributed by atoms with E-state index < -0.39 is 28.5 Å². The molecule has 0 radical (unpaired) electrons. The van der Waals surface area contributed by atoms with Gasteiger partial charge in [-0.3, -0.25) is 13.9 Å². The second kappa shape index (κ2) is 14.7. The molecule has 230 valence electrons. The molecule has 3 aromatic carbocycles. The Morgan fingerprint density at radius 1 is 0.884 bits per heavy atom. The topological polar surface area (TPSA) is 86.8 Å². The van der Waals surface area contributed by atoms with Crippen LogP contribution in [0.3, 0.4) is 0 Å². The minimum atomic E-state index is -3.80. The highest BCUT2D eigenvalue weighted by Crippen LogP contribution is 2.24. The minimum Gasteiger partial charge on any atom is -0.352 e. The van der Waals surface area contributed by atoms with Crippen molar-refractivity contribution in [3.63, 3.8) is 0 Å². The molecule has 3 aromatic rings. The molecule has 1 N–H and O–H groups in total. The van der Waals surface area contributed by atoms with Gasteiger partial charge in [-0.1, -0.05) is 105 Å². The first-order valence-electron chi connectivity index (χ1n) is 15.3. The average molecular weight is 604 g/mol. The molecule has 2 amide bonds. The van der Waals surface area contributed by atoms with E-state index in [4.69, 9.17) is 0 Å². The zero-order valence-corrected chi connectivity index (χ0v) is 26.6. The van der Waals surface area contributed by atoms with Gasteiger partial charge < -0.3 is 10.2 Å². The molecule has 0 heterocycles. The zero-order valence-electron chi connectivity index (χ0n) is 25.8. The number of nitrogens with one attached hydrogen (secondary N) is 1. The van der Waals surface area contributed by atoms with Crippen molar-refractivity contribution in [3.8, 4) is 0 Å². The lowest BCUT2D eigenvalue weighted by Gasteiger charge is -2.35. The lowest BCUT2D eigenvalue weighted by molar-refractivity contribution is -0.140. The van der Waals surface area contributed by atoms with Crippen LogP contribution in [-0.2, 0) is 32.6 Å². The van der Waals surface area contributed by atoms with Gasteiger partial charge in [0.25, 0.3) is 0 Å². The maximum absolute atomic E-state index is 14.3. The quantitative estimate of drug-likeness (QED) is 0.276. The van der Waals surface area contributed by atoms with Gasteiger partial charge in [0.05, 0.1) is 11.9 Å². The molecule has 1 atom stereocenters. The Morgan fingerprint density at radius 2 is 1.53 bits per heavy atom. The Balaban J connectivity index is 1.71. The Morgan fingerprint density at radius 3 is 2.14 bits per heavy atom. The van der Waals surface area contributed by atoms with Crippen LogP contribution in [0.15, 0.2) is 78.9 Å². The summed E-state index contributed by atoms with van der Waals surface area (Å²) in [5.41, 5.74) is 4.34. The number of anilines is 1. The van der Waals surface area contributed by atoms with E-state index in [1.54, 1.807) is 17.0 Å². The zero-order chi connectivity index (χ0) is 31.0. The Hall–Kier alpha value is -3.65. The highest BCUT2D eigenvalue weighted by atomic mass is 32.2. The third kappa shape index (κ3) is 9.17. The van der Waals surface area contributed by atoms with Crippen LogP contribution < -0.4 is 9.62 Å². The van der Waals surface area contributed by atoms with Gasteiger partial charge in [-0.15, -0.1) is 0 Å². The number of carbonyl (C=O) groups excluding carboxylic acids is 2. The molecule has 0 saturated heterocycles.